The van der Waals surface area contributed by atoms with Crippen molar-refractivity contribution in [3.8, 4) is 11.5 Å². The molecule has 0 saturated heterocycles. The molecular weight excluding hydrogens is 372 g/mol. The molecule has 0 aliphatic carbocycles. The highest BCUT2D eigenvalue weighted by molar-refractivity contribution is 5.98. The van der Waals surface area contributed by atoms with Crippen molar-refractivity contribution in [3.63, 3.8) is 0 Å². The molecule has 4 rings (SSSR count). The third-order valence-electron chi connectivity index (χ3n) is 5.33. The van der Waals surface area contributed by atoms with Gasteiger partial charge in [0.15, 0.2) is 5.82 Å². The summed E-state index contributed by atoms with van der Waals surface area (Å²) in [6, 6.07) is 22.2. The molecule has 0 aliphatic heterocycles. The fourth-order valence-electron chi connectivity index (χ4n) is 3.59. The van der Waals surface area contributed by atoms with Gasteiger partial charge in [0.2, 0.25) is 0 Å². The SMILES string of the molecule is Cc1ccc(-n2nc(C)c(C(=O)NCC(C)c3ccccc3)c2-n2cccc2)cc1. The lowest BCUT2D eigenvalue weighted by atomic mass is 10.0. The number of rotatable bonds is 6. The number of aromatic nitrogens is 3. The third-order valence-corrected chi connectivity index (χ3v) is 5.33. The van der Waals surface area contributed by atoms with Gasteiger partial charge >= 0.3 is 0 Å². The van der Waals surface area contributed by atoms with Gasteiger partial charge in [-0.25, -0.2) is 4.68 Å². The zero-order chi connectivity index (χ0) is 21.1. The molecule has 2 heterocycles. The van der Waals surface area contributed by atoms with Crippen LogP contribution in [0.3, 0.4) is 0 Å². The molecule has 1 unspecified atom stereocenters. The van der Waals surface area contributed by atoms with Gasteiger partial charge in [0.1, 0.15) is 5.56 Å². The second kappa shape index (κ2) is 8.41. The molecule has 152 valence electrons. The summed E-state index contributed by atoms with van der Waals surface area (Å²) in [5, 5.41) is 7.82. The molecule has 1 atom stereocenters. The smallest absolute Gasteiger partial charge is 0.257 e. The number of aryl methyl sites for hydroxylation is 2. The number of carbonyl (C=O) groups excluding carboxylic acids is 1. The molecule has 2 aromatic heterocycles. The predicted molar refractivity (Wildman–Crippen MR) is 120 cm³/mol. The highest BCUT2D eigenvalue weighted by atomic mass is 16.1. The fraction of sp³-hybridized carbons (Fsp3) is 0.200. The van der Waals surface area contributed by atoms with Gasteiger partial charge in [0, 0.05) is 18.9 Å². The number of hydrogen-bond acceptors (Lipinski definition) is 2. The van der Waals surface area contributed by atoms with Gasteiger partial charge in [-0.3, -0.25) is 4.79 Å². The Bertz CT molecular complexity index is 1130. The van der Waals surface area contributed by atoms with Crippen LogP contribution in [-0.4, -0.2) is 26.8 Å². The molecule has 0 fully saturated rings. The Kier molecular flexibility index (Phi) is 5.53. The molecule has 4 aromatic rings. The minimum absolute atomic E-state index is 0.114. The van der Waals surface area contributed by atoms with E-state index in [4.69, 9.17) is 5.10 Å². The van der Waals surface area contributed by atoms with E-state index in [0.29, 0.717) is 17.8 Å². The maximum absolute atomic E-state index is 13.2. The van der Waals surface area contributed by atoms with E-state index < -0.39 is 0 Å². The monoisotopic (exact) mass is 398 g/mol. The van der Waals surface area contributed by atoms with Crippen LogP contribution in [0.4, 0.5) is 0 Å². The normalized spacial score (nSPS) is 12.0. The molecule has 2 aromatic carbocycles. The number of amides is 1. The molecule has 0 radical (unpaired) electrons. The zero-order valence-corrected chi connectivity index (χ0v) is 17.5. The molecule has 0 aliphatic rings. The molecule has 0 spiro atoms. The Balaban J connectivity index is 1.67. The summed E-state index contributed by atoms with van der Waals surface area (Å²) in [7, 11) is 0. The maximum Gasteiger partial charge on any atom is 0.257 e. The summed E-state index contributed by atoms with van der Waals surface area (Å²) < 4.78 is 3.78. The van der Waals surface area contributed by atoms with E-state index in [1.54, 1.807) is 0 Å². The van der Waals surface area contributed by atoms with E-state index in [0.717, 1.165) is 11.5 Å². The number of carbonyl (C=O) groups is 1. The van der Waals surface area contributed by atoms with Crippen molar-refractivity contribution in [1.29, 1.82) is 0 Å². The molecule has 1 N–H and O–H groups in total. The van der Waals surface area contributed by atoms with Crippen molar-refractivity contribution in [3.05, 3.63) is 102 Å². The largest absolute Gasteiger partial charge is 0.351 e. The second-order valence-electron chi connectivity index (χ2n) is 7.64. The van der Waals surface area contributed by atoms with Crippen LogP contribution in [0.1, 0.15) is 40.0 Å². The number of benzene rings is 2. The van der Waals surface area contributed by atoms with Gasteiger partial charge in [-0.15, -0.1) is 0 Å². The summed E-state index contributed by atoms with van der Waals surface area (Å²) in [5.41, 5.74) is 4.59. The van der Waals surface area contributed by atoms with Crippen LogP contribution >= 0.6 is 0 Å². The van der Waals surface area contributed by atoms with Gasteiger partial charge in [0.05, 0.1) is 11.4 Å². The highest BCUT2D eigenvalue weighted by Crippen LogP contribution is 2.24. The first-order chi connectivity index (χ1) is 14.5. The molecule has 30 heavy (non-hydrogen) atoms. The molecule has 0 saturated carbocycles. The van der Waals surface area contributed by atoms with E-state index in [9.17, 15) is 4.79 Å². The lowest BCUT2D eigenvalue weighted by Gasteiger charge is -2.14. The predicted octanol–water partition coefficient (Wildman–Crippen LogP) is 4.81. The maximum atomic E-state index is 13.2. The minimum atomic E-state index is -0.114. The second-order valence-corrected chi connectivity index (χ2v) is 7.64. The topological polar surface area (TPSA) is 51.9 Å². The van der Waals surface area contributed by atoms with Crippen LogP contribution in [0.5, 0.6) is 0 Å². The lowest BCUT2D eigenvalue weighted by Crippen LogP contribution is -2.28. The average molecular weight is 399 g/mol. The average Bonchev–Trinajstić information content (AvgIpc) is 3.40. The van der Waals surface area contributed by atoms with Crippen LogP contribution < -0.4 is 5.32 Å². The van der Waals surface area contributed by atoms with E-state index in [-0.39, 0.29) is 11.8 Å². The minimum Gasteiger partial charge on any atom is -0.351 e. The Morgan fingerprint density at radius 2 is 1.63 bits per heavy atom. The highest BCUT2D eigenvalue weighted by Gasteiger charge is 2.24. The molecule has 5 heteroatoms. The Morgan fingerprint density at radius 1 is 0.967 bits per heavy atom. The summed E-state index contributed by atoms with van der Waals surface area (Å²) in [4.78, 5) is 13.2. The van der Waals surface area contributed by atoms with Gasteiger partial charge in [0.25, 0.3) is 5.91 Å². The summed E-state index contributed by atoms with van der Waals surface area (Å²) in [5.74, 6) is 0.848. The van der Waals surface area contributed by atoms with Crippen LogP contribution in [0.25, 0.3) is 11.5 Å². The summed E-state index contributed by atoms with van der Waals surface area (Å²) >= 11 is 0. The lowest BCUT2D eigenvalue weighted by molar-refractivity contribution is 0.0951. The first-order valence-electron chi connectivity index (χ1n) is 10.2. The third kappa shape index (κ3) is 3.92. The molecule has 1 amide bonds. The summed E-state index contributed by atoms with van der Waals surface area (Å²) in [6.07, 6.45) is 3.87. The van der Waals surface area contributed by atoms with Crippen LogP contribution in [0.2, 0.25) is 0 Å². The van der Waals surface area contributed by atoms with Crippen molar-refractivity contribution in [2.45, 2.75) is 26.7 Å². The van der Waals surface area contributed by atoms with Crippen molar-refractivity contribution in [1.82, 2.24) is 19.7 Å². The van der Waals surface area contributed by atoms with Gasteiger partial charge < -0.3 is 9.88 Å². The number of hydrogen-bond donors (Lipinski definition) is 1. The fourth-order valence-corrected chi connectivity index (χ4v) is 3.59. The number of nitrogens with zero attached hydrogens (tertiary/aromatic N) is 3. The Morgan fingerprint density at radius 3 is 2.30 bits per heavy atom. The van der Waals surface area contributed by atoms with Crippen molar-refractivity contribution < 1.29 is 4.79 Å². The molecule has 5 nitrogen and oxygen atoms in total. The van der Waals surface area contributed by atoms with Gasteiger partial charge in [-0.1, -0.05) is 55.0 Å². The first kappa shape index (κ1) is 19.7. The standard InChI is InChI=1S/C25H26N4O/c1-18-11-13-22(14-12-18)29-25(28-15-7-8-16-28)23(20(3)27-29)24(30)26-17-19(2)21-9-5-4-6-10-21/h4-16,19H,17H2,1-3H3,(H,26,30). The van der Waals surface area contributed by atoms with E-state index in [1.807, 2.05) is 83.2 Å². The molecule has 0 bridgehead atoms. The summed E-state index contributed by atoms with van der Waals surface area (Å²) in [6.45, 7) is 6.61. The van der Waals surface area contributed by atoms with Gasteiger partial charge in [-0.05, 0) is 49.6 Å². The van der Waals surface area contributed by atoms with Crippen molar-refractivity contribution >= 4 is 5.91 Å². The quantitative estimate of drug-likeness (QED) is 0.507. The molecular formula is C25H26N4O. The van der Waals surface area contributed by atoms with E-state index in [2.05, 4.69) is 31.3 Å². The zero-order valence-electron chi connectivity index (χ0n) is 17.5. The van der Waals surface area contributed by atoms with Crippen LogP contribution in [-0.2, 0) is 0 Å². The Labute approximate surface area is 177 Å². The van der Waals surface area contributed by atoms with E-state index in [1.165, 1.54) is 11.1 Å². The Hall–Kier alpha value is -3.60. The first-order valence-corrected chi connectivity index (χ1v) is 10.2. The van der Waals surface area contributed by atoms with Crippen molar-refractivity contribution in [2.75, 3.05) is 6.54 Å². The van der Waals surface area contributed by atoms with Crippen LogP contribution in [0.15, 0.2) is 79.1 Å². The van der Waals surface area contributed by atoms with Crippen molar-refractivity contribution in [2.24, 2.45) is 0 Å². The van der Waals surface area contributed by atoms with Gasteiger partial charge in [-0.2, -0.15) is 5.10 Å². The number of nitrogens with one attached hydrogen (secondary N) is 1. The van der Waals surface area contributed by atoms with E-state index >= 15 is 0 Å². The van der Waals surface area contributed by atoms with Crippen LogP contribution in [0, 0.1) is 13.8 Å².